The molecule has 0 aromatic heterocycles. The summed E-state index contributed by atoms with van der Waals surface area (Å²) in [5.74, 6) is -0.149. The Morgan fingerprint density at radius 1 is 1.47 bits per heavy atom. The minimum absolute atomic E-state index is 0.0501. The average Bonchev–Trinajstić information content (AvgIpc) is 2.29. The topological polar surface area (TPSA) is 82.2 Å². The Balaban J connectivity index is 2.39. The number of hydrogen-bond donors (Lipinski definition) is 2. The zero-order chi connectivity index (χ0) is 12.7. The molecule has 0 aliphatic rings. The van der Waals surface area contributed by atoms with Gasteiger partial charge in [0.2, 0.25) is 5.91 Å². The number of nitrogens with two attached hydrogens (primary N) is 1. The summed E-state index contributed by atoms with van der Waals surface area (Å²) in [6.45, 7) is 0.987. The summed E-state index contributed by atoms with van der Waals surface area (Å²) in [5.41, 5.74) is 7.40. The van der Waals surface area contributed by atoms with E-state index in [1.54, 1.807) is 0 Å². The predicted molar refractivity (Wildman–Crippen MR) is 65.8 cm³/mol. The van der Waals surface area contributed by atoms with Crippen LogP contribution in [0.3, 0.4) is 0 Å². The van der Waals surface area contributed by atoms with Crippen LogP contribution in [0.2, 0.25) is 0 Å². The molecule has 0 radical (unpaired) electrons. The lowest BCUT2D eigenvalue weighted by atomic mass is 10.2. The Labute approximate surface area is 101 Å². The Bertz CT molecular complexity index is 408. The van der Waals surface area contributed by atoms with Crippen molar-refractivity contribution in [3.63, 3.8) is 0 Å². The lowest BCUT2D eigenvalue weighted by Crippen LogP contribution is -2.34. The summed E-state index contributed by atoms with van der Waals surface area (Å²) in [4.78, 5) is 13.2. The monoisotopic (exact) mass is 232 g/mol. The molecule has 0 saturated heterocycles. The number of nitrogens with zero attached hydrogens (tertiary/aromatic N) is 2. The number of amides is 1. The van der Waals surface area contributed by atoms with Crippen LogP contribution in [0.25, 0.3) is 0 Å². The van der Waals surface area contributed by atoms with Gasteiger partial charge < -0.3 is 11.1 Å². The van der Waals surface area contributed by atoms with E-state index in [9.17, 15) is 4.79 Å². The second-order valence-electron chi connectivity index (χ2n) is 3.85. The maximum absolute atomic E-state index is 11.3. The summed E-state index contributed by atoms with van der Waals surface area (Å²) in [7, 11) is 1.85. The van der Waals surface area contributed by atoms with Gasteiger partial charge in [-0.15, -0.1) is 0 Å². The van der Waals surface area contributed by atoms with Crippen LogP contribution in [0.4, 0.5) is 5.69 Å². The van der Waals surface area contributed by atoms with Crippen LogP contribution in [-0.2, 0) is 11.3 Å². The van der Waals surface area contributed by atoms with Gasteiger partial charge in [0.05, 0.1) is 12.6 Å². The van der Waals surface area contributed by atoms with Crippen LogP contribution < -0.4 is 11.1 Å². The van der Waals surface area contributed by atoms with Crippen LogP contribution in [0.5, 0.6) is 0 Å². The molecule has 3 N–H and O–H groups in total. The lowest BCUT2D eigenvalue weighted by molar-refractivity contribution is -0.121. The highest BCUT2D eigenvalue weighted by Crippen LogP contribution is 2.07. The van der Waals surface area contributed by atoms with Crippen molar-refractivity contribution in [3.8, 4) is 6.07 Å². The third-order valence-electron chi connectivity index (χ3n) is 2.21. The van der Waals surface area contributed by atoms with Gasteiger partial charge in [-0.1, -0.05) is 12.1 Å². The first kappa shape index (κ1) is 13.0. The number of nitrogens with one attached hydrogen (secondary N) is 1. The van der Waals surface area contributed by atoms with Crippen molar-refractivity contribution in [3.05, 3.63) is 29.8 Å². The van der Waals surface area contributed by atoms with Crippen LogP contribution in [0.1, 0.15) is 5.56 Å². The zero-order valence-electron chi connectivity index (χ0n) is 9.81. The van der Waals surface area contributed by atoms with Gasteiger partial charge in [0.15, 0.2) is 0 Å². The smallest absolute Gasteiger partial charge is 0.235 e. The summed E-state index contributed by atoms with van der Waals surface area (Å²) in [6.07, 6.45) is 0. The molecule has 90 valence electrons. The molecule has 0 spiro atoms. The van der Waals surface area contributed by atoms with E-state index in [4.69, 9.17) is 11.0 Å². The number of likely N-dealkylation sites (N-methyl/N-ethyl adjacent to an activating group) is 1. The van der Waals surface area contributed by atoms with E-state index in [1.165, 1.54) is 0 Å². The molecule has 1 amide bonds. The quantitative estimate of drug-likeness (QED) is 0.566. The fraction of sp³-hybridized carbons (Fsp3) is 0.333. The Hall–Kier alpha value is -2.06. The molecule has 1 rings (SSSR count). The lowest BCUT2D eigenvalue weighted by Gasteiger charge is -2.15. The molecule has 1 aromatic carbocycles. The van der Waals surface area contributed by atoms with E-state index in [-0.39, 0.29) is 19.0 Å². The predicted octanol–water partition coefficient (Wildman–Crippen LogP) is 0.340. The first-order chi connectivity index (χ1) is 8.11. The SMILES string of the molecule is CN(CC(=O)NCC#N)Cc1ccc(N)cc1. The first-order valence-electron chi connectivity index (χ1n) is 5.28. The van der Waals surface area contributed by atoms with Crippen molar-refractivity contribution in [1.29, 1.82) is 5.26 Å². The molecule has 0 saturated carbocycles. The molecule has 5 heteroatoms. The highest BCUT2D eigenvalue weighted by atomic mass is 16.1. The Kier molecular flexibility index (Phi) is 4.98. The van der Waals surface area contributed by atoms with Gasteiger partial charge >= 0.3 is 0 Å². The number of nitriles is 1. The fourth-order valence-corrected chi connectivity index (χ4v) is 1.43. The summed E-state index contributed by atoms with van der Waals surface area (Å²) in [5, 5.41) is 10.8. The van der Waals surface area contributed by atoms with E-state index in [0.29, 0.717) is 6.54 Å². The number of anilines is 1. The average molecular weight is 232 g/mol. The van der Waals surface area contributed by atoms with Crippen LogP contribution in [-0.4, -0.2) is 30.9 Å². The van der Waals surface area contributed by atoms with Crippen molar-refractivity contribution in [2.24, 2.45) is 0 Å². The maximum atomic E-state index is 11.3. The van der Waals surface area contributed by atoms with Crippen LogP contribution in [0, 0.1) is 11.3 Å². The van der Waals surface area contributed by atoms with Crippen LogP contribution in [0.15, 0.2) is 24.3 Å². The zero-order valence-corrected chi connectivity index (χ0v) is 9.81. The molecular weight excluding hydrogens is 216 g/mol. The highest BCUT2D eigenvalue weighted by molar-refractivity contribution is 5.78. The largest absolute Gasteiger partial charge is 0.399 e. The van der Waals surface area contributed by atoms with Crippen molar-refractivity contribution < 1.29 is 4.79 Å². The van der Waals surface area contributed by atoms with Gasteiger partial charge in [0, 0.05) is 12.2 Å². The highest BCUT2D eigenvalue weighted by Gasteiger charge is 2.06. The standard InChI is InChI=1S/C12H16N4O/c1-16(9-12(17)15-7-6-13)8-10-2-4-11(14)5-3-10/h2-5H,7-9,14H2,1H3,(H,15,17). The van der Waals surface area contributed by atoms with Gasteiger partial charge in [-0.25, -0.2) is 0 Å². The van der Waals surface area contributed by atoms with E-state index in [2.05, 4.69) is 5.32 Å². The minimum Gasteiger partial charge on any atom is -0.399 e. The molecule has 0 atom stereocenters. The molecule has 5 nitrogen and oxygen atoms in total. The molecule has 0 fully saturated rings. The summed E-state index contributed by atoms with van der Waals surface area (Å²) in [6, 6.07) is 9.39. The van der Waals surface area contributed by atoms with Gasteiger partial charge in [0.25, 0.3) is 0 Å². The number of carbonyl (C=O) groups is 1. The molecule has 0 bridgehead atoms. The Morgan fingerprint density at radius 3 is 2.71 bits per heavy atom. The number of benzene rings is 1. The molecule has 0 aliphatic carbocycles. The first-order valence-corrected chi connectivity index (χ1v) is 5.28. The second kappa shape index (κ2) is 6.51. The van der Waals surface area contributed by atoms with Gasteiger partial charge in [0.1, 0.15) is 6.54 Å². The van der Waals surface area contributed by atoms with Gasteiger partial charge in [-0.2, -0.15) is 5.26 Å². The second-order valence-corrected chi connectivity index (χ2v) is 3.85. The van der Waals surface area contributed by atoms with Gasteiger partial charge in [-0.05, 0) is 24.7 Å². The summed E-state index contributed by atoms with van der Waals surface area (Å²) < 4.78 is 0. The van der Waals surface area contributed by atoms with Crippen molar-refractivity contribution in [2.45, 2.75) is 6.54 Å². The van der Waals surface area contributed by atoms with E-state index in [0.717, 1.165) is 11.3 Å². The minimum atomic E-state index is -0.149. The Morgan fingerprint density at radius 2 is 2.12 bits per heavy atom. The van der Waals surface area contributed by atoms with Gasteiger partial charge in [-0.3, -0.25) is 9.69 Å². The third kappa shape index (κ3) is 5.00. The third-order valence-corrected chi connectivity index (χ3v) is 2.21. The molecular formula is C12H16N4O. The fourth-order valence-electron chi connectivity index (χ4n) is 1.43. The number of carbonyl (C=O) groups excluding carboxylic acids is 1. The van der Waals surface area contributed by atoms with E-state index >= 15 is 0 Å². The summed E-state index contributed by atoms with van der Waals surface area (Å²) >= 11 is 0. The van der Waals surface area contributed by atoms with Crippen molar-refractivity contribution in [1.82, 2.24) is 10.2 Å². The molecule has 17 heavy (non-hydrogen) atoms. The van der Waals surface area contributed by atoms with Crippen LogP contribution >= 0.6 is 0 Å². The molecule has 0 unspecified atom stereocenters. The maximum Gasteiger partial charge on any atom is 0.235 e. The number of rotatable bonds is 5. The number of nitrogen functional groups attached to an aromatic ring is 1. The molecule has 0 heterocycles. The van der Waals surface area contributed by atoms with E-state index < -0.39 is 0 Å². The number of hydrogen-bond acceptors (Lipinski definition) is 4. The normalized spacial score (nSPS) is 9.94. The van der Waals surface area contributed by atoms with E-state index in [1.807, 2.05) is 42.3 Å². The van der Waals surface area contributed by atoms with Crippen molar-refractivity contribution in [2.75, 3.05) is 25.9 Å². The van der Waals surface area contributed by atoms with Crippen molar-refractivity contribution >= 4 is 11.6 Å². The molecule has 0 aliphatic heterocycles. The molecule has 1 aromatic rings.